The van der Waals surface area contributed by atoms with Crippen molar-refractivity contribution in [3.05, 3.63) is 12.2 Å². The molecule has 1 saturated heterocycles. The van der Waals surface area contributed by atoms with Crippen LogP contribution in [0.2, 0.25) is 5.54 Å². The molecule has 1 saturated carbocycles. The Hall–Kier alpha value is -0.163. The standard InChI is InChI=1S/C14H25NO2Si/c1-14(2,3)15-7-8-17-18(15,16-4)13-10-11-5-6-12(13)9-11/h5-6,11-13H,7-10H2,1-4H3. The van der Waals surface area contributed by atoms with Gasteiger partial charge < -0.3 is 8.85 Å². The van der Waals surface area contributed by atoms with Crippen LogP contribution in [-0.2, 0) is 8.85 Å². The van der Waals surface area contributed by atoms with Crippen LogP contribution in [0.1, 0.15) is 33.6 Å². The number of rotatable bonds is 2. The predicted molar refractivity (Wildman–Crippen MR) is 74.3 cm³/mol. The van der Waals surface area contributed by atoms with Crippen molar-refractivity contribution in [2.24, 2.45) is 11.8 Å². The molecule has 4 heteroatoms. The van der Waals surface area contributed by atoms with Crippen molar-refractivity contribution in [1.29, 1.82) is 0 Å². The zero-order valence-corrected chi connectivity index (χ0v) is 13.0. The summed E-state index contributed by atoms with van der Waals surface area (Å²) in [6, 6.07) is 0. The van der Waals surface area contributed by atoms with Gasteiger partial charge in [0.15, 0.2) is 0 Å². The van der Waals surface area contributed by atoms with Crippen LogP contribution >= 0.6 is 0 Å². The molecule has 0 spiro atoms. The van der Waals surface area contributed by atoms with Crippen LogP contribution in [0.3, 0.4) is 0 Å². The Balaban J connectivity index is 1.92. The number of hydrogen-bond acceptors (Lipinski definition) is 3. The molecule has 4 atom stereocenters. The molecule has 2 bridgehead atoms. The predicted octanol–water partition coefficient (Wildman–Crippen LogP) is 2.67. The first-order valence-corrected chi connectivity index (χ1v) is 8.96. The van der Waals surface area contributed by atoms with Crippen molar-refractivity contribution in [2.45, 2.75) is 44.7 Å². The zero-order valence-electron chi connectivity index (χ0n) is 12.0. The second-order valence-corrected chi connectivity index (χ2v) is 10.1. The highest BCUT2D eigenvalue weighted by Gasteiger charge is 2.62. The summed E-state index contributed by atoms with van der Waals surface area (Å²) in [5.74, 6) is 1.48. The Labute approximate surface area is 111 Å². The lowest BCUT2D eigenvalue weighted by Gasteiger charge is -2.45. The van der Waals surface area contributed by atoms with E-state index in [1.807, 2.05) is 7.11 Å². The molecule has 3 nitrogen and oxygen atoms in total. The highest BCUT2D eigenvalue weighted by atomic mass is 28.4. The molecular weight excluding hydrogens is 242 g/mol. The van der Waals surface area contributed by atoms with E-state index in [9.17, 15) is 0 Å². The van der Waals surface area contributed by atoms with Crippen LogP contribution in [-0.4, -0.2) is 39.1 Å². The maximum absolute atomic E-state index is 6.27. The van der Waals surface area contributed by atoms with Crippen molar-refractivity contribution in [3.63, 3.8) is 0 Å². The second kappa shape index (κ2) is 4.17. The van der Waals surface area contributed by atoms with Gasteiger partial charge in [0.05, 0.1) is 0 Å². The molecule has 2 fully saturated rings. The minimum atomic E-state index is -2.21. The molecule has 1 aliphatic heterocycles. The van der Waals surface area contributed by atoms with Crippen LogP contribution in [0.5, 0.6) is 0 Å². The van der Waals surface area contributed by atoms with Gasteiger partial charge in [0, 0.05) is 31.3 Å². The fourth-order valence-corrected chi connectivity index (χ4v) is 8.67. The molecule has 4 unspecified atom stereocenters. The van der Waals surface area contributed by atoms with Crippen LogP contribution < -0.4 is 0 Å². The number of fused-ring (bicyclic) bond motifs is 2. The summed E-state index contributed by atoms with van der Waals surface area (Å²) in [4.78, 5) is 0. The molecule has 0 aromatic carbocycles. The first kappa shape index (κ1) is 12.8. The number of nitrogens with zero attached hydrogens (tertiary/aromatic N) is 1. The molecule has 0 radical (unpaired) electrons. The quantitative estimate of drug-likeness (QED) is 0.567. The van der Waals surface area contributed by atoms with E-state index in [-0.39, 0.29) is 5.54 Å². The zero-order chi connectivity index (χ0) is 13.0. The van der Waals surface area contributed by atoms with Gasteiger partial charge in [0.2, 0.25) is 0 Å². The number of allylic oxidation sites excluding steroid dienone is 2. The van der Waals surface area contributed by atoms with Crippen LogP contribution in [0, 0.1) is 11.8 Å². The van der Waals surface area contributed by atoms with Crippen LogP contribution in [0.15, 0.2) is 12.2 Å². The molecule has 0 N–H and O–H groups in total. The monoisotopic (exact) mass is 267 g/mol. The summed E-state index contributed by atoms with van der Waals surface area (Å²) in [5, 5.41) is 0. The summed E-state index contributed by atoms with van der Waals surface area (Å²) in [6.45, 7) is 8.72. The van der Waals surface area contributed by atoms with E-state index in [4.69, 9.17) is 8.85 Å². The van der Waals surface area contributed by atoms with E-state index in [2.05, 4.69) is 37.5 Å². The van der Waals surface area contributed by atoms with E-state index in [1.54, 1.807) is 0 Å². The van der Waals surface area contributed by atoms with Gasteiger partial charge in [-0.05, 0) is 45.4 Å². The number of hydrogen-bond donors (Lipinski definition) is 0. The van der Waals surface area contributed by atoms with Crippen LogP contribution in [0.25, 0.3) is 0 Å². The lowest BCUT2D eigenvalue weighted by Crippen LogP contribution is -2.63. The fraction of sp³-hybridized carbons (Fsp3) is 0.857. The average Bonchev–Trinajstić information content (AvgIpc) is 3.02. The average molecular weight is 267 g/mol. The summed E-state index contributed by atoms with van der Waals surface area (Å²) in [6.07, 6.45) is 7.41. The summed E-state index contributed by atoms with van der Waals surface area (Å²) >= 11 is 0. The van der Waals surface area contributed by atoms with E-state index in [0.29, 0.717) is 11.5 Å². The van der Waals surface area contributed by atoms with E-state index < -0.39 is 8.72 Å². The van der Waals surface area contributed by atoms with Crippen LogP contribution in [0.4, 0.5) is 0 Å². The molecule has 2 aliphatic carbocycles. The Bertz CT molecular complexity index is 365. The molecular formula is C14H25NO2Si. The Morgan fingerprint density at radius 1 is 1.28 bits per heavy atom. The van der Waals surface area contributed by atoms with Gasteiger partial charge in [-0.3, -0.25) is 4.57 Å². The Kier molecular flexibility index (Phi) is 2.97. The minimum Gasteiger partial charge on any atom is -0.386 e. The van der Waals surface area contributed by atoms with Crippen molar-refractivity contribution in [2.75, 3.05) is 20.3 Å². The Morgan fingerprint density at radius 2 is 2.06 bits per heavy atom. The van der Waals surface area contributed by atoms with E-state index >= 15 is 0 Å². The largest absolute Gasteiger partial charge is 0.431 e. The highest BCUT2D eigenvalue weighted by molar-refractivity contribution is 6.67. The van der Waals surface area contributed by atoms with Gasteiger partial charge in [0.25, 0.3) is 0 Å². The molecule has 1 heterocycles. The maximum Gasteiger partial charge on any atom is 0.431 e. The molecule has 0 aromatic rings. The van der Waals surface area contributed by atoms with E-state index in [0.717, 1.165) is 19.1 Å². The lowest BCUT2D eigenvalue weighted by atomic mass is 10.1. The summed E-state index contributed by atoms with van der Waals surface area (Å²) < 4.78 is 14.9. The van der Waals surface area contributed by atoms with Crippen molar-refractivity contribution in [1.82, 2.24) is 4.57 Å². The summed E-state index contributed by atoms with van der Waals surface area (Å²) in [5.41, 5.74) is 0.767. The molecule has 3 aliphatic rings. The van der Waals surface area contributed by atoms with Gasteiger partial charge in [-0.1, -0.05) is 12.2 Å². The van der Waals surface area contributed by atoms with Gasteiger partial charge in [-0.2, -0.15) is 0 Å². The molecule has 3 rings (SSSR count). The summed E-state index contributed by atoms with van der Waals surface area (Å²) in [7, 11) is -0.343. The molecule has 18 heavy (non-hydrogen) atoms. The first-order valence-electron chi connectivity index (χ1n) is 7.12. The topological polar surface area (TPSA) is 21.7 Å². The fourth-order valence-electron chi connectivity index (χ4n) is 4.15. The third-order valence-electron chi connectivity index (χ3n) is 4.85. The third kappa shape index (κ3) is 1.73. The SMILES string of the molecule is CO[Si]1(C2CC3C=CC2C3)OCCN1C(C)(C)C. The van der Waals surface area contributed by atoms with Crippen molar-refractivity contribution in [3.8, 4) is 0 Å². The van der Waals surface area contributed by atoms with Gasteiger partial charge in [0.1, 0.15) is 0 Å². The normalized spacial score (nSPS) is 44.1. The molecule has 102 valence electrons. The minimum absolute atomic E-state index is 0.143. The third-order valence-corrected chi connectivity index (χ3v) is 9.30. The Morgan fingerprint density at radius 3 is 2.56 bits per heavy atom. The van der Waals surface area contributed by atoms with Gasteiger partial charge in [-0.25, -0.2) is 0 Å². The van der Waals surface area contributed by atoms with Gasteiger partial charge >= 0.3 is 8.72 Å². The molecule has 0 aromatic heterocycles. The highest BCUT2D eigenvalue weighted by Crippen LogP contribution is 2.54. The maximum atomic E-state index is 6.27. The lowest BCUT2D eigenvalue weighted by molar-refractivity contribution is 0.153. The smallest absolute Gasteiger partial charge is 0.386 e. The second-order valence-electron chi connectivity index (χ2n) is 6.89. The van der Waals surface area contributed by atoms with Crippen molar-refractivity contribution >= 4 is 8.72 Å². The van der Waals surface area contributed by atoms with E-state index in [1.165, 1.54) is 12.8 Å². The molecule has 0 amide bonds. The first-order chi connectivity index (χ1) is 8.47. The van der Waals surface area contributed by atoms with Gasteiger partial charge in [-0.15, -0.1) is 0 Å². The van der Waals surface area contributed by atoms with Crippen molar-refractivity contribution < 1.29 is 8.85 Å².